The average Bonchev–Trinajstić information content (AvgIpc) is 3.73. The van der Waals surface area contributed by atoms with Crippen LogP contribution in [0.3, 0.4) is 0 Å². The first-order chi connectivity index (χ1) is 23.5. The highest BCUT2D eigenvalue weighted by molar-refractivity contribution is 6.14. The highest BCUT2D eigenvalue weighted by Crippen LogP contribution is 2.48. The Morgan fingerprint density at radius 1 is 0.542 bits per heavy atom. The SMILES string of the molecule is CC1(C)c2ccccc2-c2ccc(Cc3ccc(-c4ccc5c(c4)c4cc6nc7ccccn7c6cc4n5-c4ccccc4)cc3)cc21. The lowest BCUT2D eigenvalue weighted by Gasteiger charge is -2.22. The van der Waals surface area contributed by atoms with Gasteiger partial charge in [-0.05, 0) is 99.5 Å². The Balaban J connectivity index is 1.04. The Kier molecular flexibility index (Phi) is 5.69. The van der Waals surface area contributed by atoms with Gasteiger partial charge in [-0.15, -0.1) is 0 Å². The van der Waals surface area contributed by atoms with E-state index >= 15 is 0 Å². The van der Waals surface area contributed by atoms with E-state index in [0.29, 0.717) is 0 Å². The lowest BCUT2D eigenvalue weighted by atomic mass is 9.81. The number of benzene rings is 6. The second kappa shape index (κ2) is 10.0. The Bertz CT molecular complexity index is 2710. The maximum Gasteiger partial charge on any atom is 0.137 e. The van der Waals surface area contributed by atoms with Crippen LogP contribution < -0.4 is 0 Å². The summed E-state index contributed by atoms with van der Waals surface area (Å²) in [6, 6.07) is 53.4. The Labute approximate surface area is 279 Å². The average molecular weight is 616 g/mol. The third-order valence-electron chi connectivity index (χ3n) is 10.6. The van der Waals surface area contributed by atoms with Gasteiger partial charge in [0.15, 0.2) is 0 Å². The summed E-state index contributed by atoms with van der Waals surface area (Å²) in [4.78, 5) is 4.97. The molecule has 6 aromatic carbocycles. The van der Waals surface area contributed by atoms with Gasteiger partial charge in [0.1, 0.15) is 5.65 Å². The summed E-state index contributed by atoms with van der Waals surface area (Å²) >= 11 is 0. The number of nitrogens with zero attached hydrogens (tertiary/aromatic N) is 3. The fourth-order valence-corrected chi connectivity index (χ4v) is 8.12. The van der Waals surface area contributed by atoms with Gasteiger partial charge in [0.25, 0.3) is 0 Å². The van der Waals surface area contributed by atoms with Gasteiger partial charge in [-0.1, -0.05) is 111 Å². The van der Waals surface area contributed by atoms with E-state index in [0.717, 1.165) is 28.8 Å². The number of imidazole rings is 1. The molecule has 0 atom stereocenters. The first-order valence-corrected chi connectivity index (χ1v) is 16.8. The van der Waals surface area contributed by atoms with Gasteiger partial charge in [-0.3, -0.25) is 4.40 Å². The highest BCUT2D eigenvalue weighted by Gasteiger charge is 2.35. The molecule has 0 radical (unpaired) electrons. The quantitative estimate of drug-likeness (QED) is 0.193. The van der Waals surface area contributed by atoms with Crippen LogP contribution in [0.25, 0.3) is 66.4 Å². The molecule has 0 saturated carbocycles. The minimum Gasteiger partial charge on any atom is -0.309 e. The summed E-state index contributed by atoms with van der Waals surface area (Å²) in [5, 5.41) is 2.45. The van der Waals surface area contributed by atoms with Crippen molar-refractivity contribution in [2.24, 2.45) is 0 Å². The fourth-order valence-electron chi connectivity index (χ4n) is 8.12. The van der Waals surface area contributed by atoms with Gasteiger partial charge in [-0.25, -0.2) is 4.98 Å². The molecule has 0 spiro atoms. The van der Waals surface area contributed by atoms with Gasteiger partial charge in [-0.2, -0.15) is 0 Å². The molecule has 0 unspecified atom stereocenters. The zero-order chi connectivity index (χ0) is 32.0. The molecular weight excluding hydrogens is 583 g/mol. The number of para-hydroxylation sites is 1. The normalized spacial score (nSPS) is 13.5. The van der Waals surface area contributed by atoms with Crippen molar-refractivity contribution in [3.63, 3.8) is 0 Å². The van der Waals surface area contributed by atoms with Crippen molar-refractivity contribution in [3.8, 4) is 27.9 Å². The molecule has 0 N–H and O–H groups in total. The number of hydrogen-bond acceptors (Lipinski definition) is 1. The van der Waals surface area contributed by atoms with E-state index in [1.54, 1.807) is 0 Å². The fraction of sp³-hybridized carbons (Fsp3) is 0.0889. The molecule has 0 fully saturated rings. The molecule has 10 rings (SSSR count). The van der Waals surface area contributed by atoms with Gasteiger partial charge in [0.2, 0.25) is 0 Å². The molecule has 1 aliphatic rings. The van der Waals surface area contributed by atoms with E-state index in [1.807, 2.05) is 6.07 Å². The lowest BCUT2D eigenvalue weighted by molar-refractivity contribution is 0.659. The van der Waals surface area contributed by atoms with Crippen molar-refractivity contribution >= 4 is 38.5 Å². The molecule has 0 saturated heterocycles. The van der Waals surface area contributed by atoms with Crippen molar-refractivity contribution in [2.75, 3.05) is 0 Å². The molecular formula is C45H33N3. The third kappa shape index (κ3) is 3.97. The predicted octanol–water partition coefficient (Wildman–Crippen LogP) is 11.1. The highest BCUT2D eigenvalue weighted by atomic mass is 15.0. The number of hydrogen-bond donors (Lipinski definition) is 0. The van der Waals surface area contributed by atoms with E-state index < -0.39 is 0 Å². The van der Waals surface area contributed by atoms with Crippen LogP contribution in [0.5, 0.6) is 0 Å². The predicted molar refractivity (Wildman–Crippen MR) is 199 cm³/mol. The van der Waals surface area contributed by atoms with Crippen LogP contribution in [0.4, 0.5) is 0 Å². The standard InChI is InChI=1S/C45H33N3/c1-45(2)38-13-7-6-12-34(38)35-21-17-30(25-39(35)45)24-29-15-18-31(19-16-29)32-20-22-41-36(26-32)37-27-40-43(47-23-9-8-14-44(47)46-40)28-42(37)48(41)33-10-4-3-5-11-33/h3-23,25-28H,24H2,1-2H3. The molecule has 3 nitrogen and oxygen atoms in total. The molecule has 3 aromatic heterocycles. The van der Waals surface area contributed by atoms with Crippen molar-refractivity contribution in [1.29, 1.82) is 0 Å². The van der Waals surface area contributed by atoms with Crippen LogP contribution in [0, 0.1) is 0 Å². The topological polar surface area (TPSA) is 22.2 Å². The number of fused-ring (bicyclic) bond motifs is 9. The van der Waals surface area contributed by atoms with E-state index in [9.17, 15) is 0 Å². The zero-order valence-electron chi connectivity index (χ0n) is 27.0. The summed E-state index contributed by atoms with van der Waals surface area (Å²) in [5.41, 5.74) is 17.4. The summed E-state index contributed by atoms with van der Waals surface area (Å²) in [7, 11) is 0. The molecule has 9 aromatic rings. The molecule has 48 heavy (non-hydrogen) atoms. The van der Waals surface area contributed by atoms with Crippen LogP contribution in [-0.2, 0) is 11.8 Å². The maximum absolute atomic E-state index is 4.97. The molecule has 0 amide bonds. The molecule has 0 aliphatic heterocycles. The maximum atomic E-state index is 4.97. The lowest BCUT2D eigenvalue weighted by Crippen LogP contribution is -2.15. The van der Waals surface area contributed by atoms with E-state index in [1.165, 1.54) is 66.3 Å². The molecule has 3 heterocycles. The van der Waals surface area contributed by atoms with Crippen LogP contribution in [0.1, 0.15) is 36.1 Å². The van der Waals surface area contributed by atoms with E-state index in [4.69, 9.17) is 4.98 Å². The van der Waals surface area contributed by atoms with Crippen molar-refractivity contribution in [3.05, 3.63) is 174 Å². The Hall–Kier alpha value is -5.93. The Morgan fingerprint density at radius 3 is 2.15 bits per heavy atom. The Morgan fingerprint density at radius 2 is 1.27 bits per heavy atom. The molecule has 3 heteroatoms. The van der Waals surface area contributed by atoms with E-state index in [2.05, 4.69) is 169 Å². The van der Waals surface area contributed by atoms with Gasteiger partial charge >= 0.3 is 0 Å². The minimum atomic E-state index is 0.0189. The van der Waals surface area contributed by atoms with Gasteiger partial charge in [0.05, 0.1) is 22.1 Å². The summed E-state index contributed by atoms with van der Waals surface area (Å²) in [6.07, 6.45) is 3.01. The first-order valence-electron chi connectivity index (χ1n) is 16.8. The third-order valence-corrected chi connectivity index (χ3v) is 10.6. The second-order valence-electron chi connectivity index (χ2n) is 13.7. The largest absolute Gasteiger partial charge is 0.309 e. The number of rotatable bonds is 4. The van der Waals surface area contributed by atoms with Crippen molar-refractivity contribution < 1.29 is 0 Å². The van der Waals surface area contributed by atoms with Gasteiger partial charge < -0.3 is 4.57 Å². The van der Waals surface area contributed by atoms with Crippen molar-refractivity contribution in [1.82, 2.24) is 14.0 Å². The molecule has 228 valence electrons. The van der Waals surface area contributed by atoms with Crippen LogP contribution in [-0.4, -0.2) is 14.0 Å². The summed E-state index contributed by atoms with van der Waals surface area (Å²) in [5.74, 6) is 0. The smallest absolute Gasteiger partial charge is 0.137 e. The van der Waals surface area contributed by atoms with Gasteiger partial charge in [0, 0.05) is 28.1 Å². The van der Waals surface area contributed by atoms with E-state index in [-0.39, 0.29) is 5.41 Å². The van der Waals surface area contributed by atoms with Crippen LogP contribution in [0.2, 0.25) is 0 Å². The number of aromatic nitrogens is 3. The zero-order valence-corrected chi connectivity index (χ0v) is 27.0. The first kappa shape index (κ1) is 27.2. The summed E-state index contributed by atoms with van der Waals surface area (Å²) in [6.45, 7) is 4.70. The summed E-state index contributed by atoms with van der Waals surface area (Å²) < 4.78 is 4.56. The molecule has 0 bridgehead atoms. The second-order valence-corrected chi connectivity index (χ2v) is 13.7. The van der Waals surface area contributed by atoms with Crippen LogP contribution >= 0.6 is 0 Å². The van der Waals surface area contributed by atoms with Crippen molar-refractivity contribution in [2.45, 2.75) is 25.7 Å². The monoisotopic (exact) mass is 615 g/mol. The minimum absolute atomic E-state index is 0.0189. The number of pyridine rings is 1. The molecule has 1 aliphatic carbocycles. The van der Waals surface area contributed by atoms with Crippen LogP contribution in [0.15, 0.2) is 152 Å².